The maximum Gasteiger partial charge on any atom is 0.392 e. The van der Waals surface area contributed by atoms with Crippen LogP contribution in [0, 0.1) is 31.6 Å². The second-order valence-electron chi connectivity index (χ2n) is 10.2. The number of rotatable bonds is 3. The van der Waals surface area contributed by atoms with Crippen LogP contribution in [0.3, 0.4) is 0 Å². The zero-order valence-electron chi connectivity index (χ0n) is 20.0. The fourth-order valence-electron chi connectivity index (χ4n) is 5.92. The van der Waals surface area contributed by atoms with E-state index in [2.05, 4.69) is 10.1 Å². The summed E-state index contributed by atoms with van der Waals surface area (Å²) in [6.45, 7) is 5.32. The van der Waals surface area contributed by atoms with Crippen LogP contribution in [0.15, 0.2) is 12.4 Å². The summed E-state index contributed by atoms with van der Waals surface area (Å²) in [5.41, 5.74) is 4.05. The minimum atomic E-state index is -4.20. The molecule has 0 aromatic carbocycles. The Labute approximate surface area is 200 Å². The van der Waals surface area contributed by atoms with E-state index in [0.717, 1.165) is 17.0 Å². The number of hydrogen-bond donors (Lipinski definition) is 0. The Balaban J connectivity index is 1.41. The van der Waals surface area contributed by atoms with Crippen molar-refractivity contribution in [2.75, 3.05) is 24.6 Å². The van der Waals surface area contributed by atoms with Gasteiger partial charge < -0.3 is 9.64 Å². The normalized spacial score (nSPS) is 28.9. The summed E-state index contributed by atoms with van der Waals surface area (Å²) in [6, 6.07) is 0. The van der Waals surface area contributed by atoms with Crippen molar-refractivity contribution in [1.82, 2.24) is 29.7 Å². The molecule has 4 fully saturated rings. The summed E-state index contributed by atoms with van der Waals surface area (Å²) in [5.74, 6) is -1.18. The molecule has 0 N–H and O–H groups in total. The zero-order chi connectivity index (χ0) is 24.5. The van der Waals surface area contributed by atoms with Gasteiger partial charge in [0.2, 0.25) is 5.95 Å². The average molecular weight is 488 g/mol. The number of morpholine rings is 1. The highest BCUT2D eigenvalue weighted by Crippen LogP contribution is 2.59. The molecule has 4 heterocycles. The molecule has 3 aromatic heterocycles. The molecule has 7 rings (SSSR count). The number of alkyl halides is 3. The number of aryl methyl sites for hydroxylation is 3. The third-order valence-electron chi connectivity index (χ3n) is 8.03. The predicted octanol–water partition coefficient (Wildman–Crippen LogP) is 4.04. The van der Waals surface area contributed by atoms with Crippen molar-refractivity contribution in [1.29, 1.82) is 0 Å². The van der Waals surface area contributed by atoms with Crippen molar-refractivity contribution >= 4 is 17.1 Å². The minimum absolute atomic E-state index is 0.0560. The highest BCUT2D eigenvalue weighted by molar-refractivity contribution is 5.75. The van der Waals surface area contributed by atoms with Gasteiger partial charge in [0.1, 0.15) is 11.6 Å². The number of aromatic nitrogens is 6. The lowest BCUT2D eigenvalue weighted by molar-refractivity contribution is -0.219. The molecule has 186 valence electrons. The van der Waals surface area contributed by atoms with E-state index in [0.29, 0.717) is 55.3 Å². The van der Waals surface area contributed by atoms with Crippen molar-refractivity contribution in [3.8, 4) is 0 Å². The lowest BCUT2D eigenvalue weighted by Gasteiger charge is -2.51. The molecule has 3 saturated carbocycles. The summed E-state index contributed by atoms with van der Waals surface area (Å²) in [6.07, 6.45) is 0.557. The fraction of sp³-hybridized carbons (Fsp3) is 0.625. The van der Waals surface area contributed by atoms with Crippen LogP contribution in [-0.2, 0) is 11.8 Å². The summed E-state index contributed by atoms with van der Waals surface area (Å²) in [7, 11) is 1.86. The maximum absolute atomic E-state index is 13.8. The van der Waals surface area contributed by atoms with E-state index in [1.807, 2.05) is 32.0 Å². The highest BCUT2D eigenvalue weighted by atomic mass is 19.4. The van der Waals surface area contributed by atoms with Gasteiger partial charge in [-0.25, -0.2) is 15.0 Å². The van der Waals surface area contributed by atoms with E-state index < -0.39 is 12.1 Å². The SMILES string of the molecule is Cc1nc2nc(N3CCO[C@@H](c4cnn(C)c4)C3)nc([C@H]3C[C@@H](C(F)(F)F)C4CC3C4)c2nc1C. The molecule has 4 aliphatic rings. The number of fused-ring (bicyclic) bond motifs is 3. The van der Waals surface area contributed by atoms with E-state index in [1.54, 1.807) is 10.9 Å². The molecule has 3 atom stereocenters. The Bertz CT molecular complexity index is 1270. The van der Waals surface area contributed by atoms with Crippen LogP contribution in [0.5, 0.6) is 0 Å². The quantitative estimate of drug-likeness (QED) is 0.552. The Kier molecular flexibility index (Phi) is 5.24. The highest BCUT2D eigenvalue weighted by Gasteiger charge is 2.56. The molecule has 1 saturated heterocycles. The van der Waals surface area contributed by atoms with E-state index in [1.165, 1.54) is 0 Å². The first kappa shape index (κ1) is 22.6. The Morgan fingerprint density at radius 2 is 1.77 bits per heavy atom. The van der Waals surface area contributed by atoms with Crippen LogP contribution in [0.1, 0.15) is 53.9 Å². The van der Waals surface area contributed by atoms with Gasteiger partial charge in [0, 0.05) is 31.3 Å². The molecule has 0 unspecified atom stereocenters. The summed E-state index contributed by atoms with van der Waals surface area (Å²) < 4.78 is 49.2. The second kappa shape index (κ2) is 8.11. The Morgan fingerprint density at radius 3 is 2.49 bits per heavy atom. The van der Waals surface area contributed by atoms with Crippen molar-refractivity contribution in [3.05, 3.63) is 35.0 Å². The smallest absolute Gasteiger partial charge is 0.370 e. The average Bonchev–Trinajstić information content (AvgIpc) is 3.24. The van der Waals surface area contributed by atoms with Gasteiger partial charge in [0.05, 0.1) is 42.3 Å². The number of anilines is 1. The number of nitrogens with zero attached hydrogens (tertiary/aromatic N) is 7. The molecule has 3 aliphatic carbocycles. The van der Waals surface area contributed by atoms with Gasteiger partial charge in [-0.1, -0.05) is 0 Å². The Morgan fingerprint density at radius 1 is 1.00 bits per heavy atom. The molecule has 2 bridgehead atoms. The molecule has 35 heavy (non-hydrogen) atoms. The summed E-state index contributed by atoms with van der Waals surface area (Å²) in [4.78, 5) is 21.1. The first-order valence-corrected chi connectivity index (χ1v) is 12.1. The van der Waals surface area contributed by atoms with Crippen LogP contribution in [-0.4, -0.2) is 55.6 Å². The van der Waals surface area contributed by atoms with E-state index >= 15 is 0 Å². The second-order valence-corrected chi connectivity index (χ2v) is 10.2. The molecule has 0 radical (unpaired) electrons. The van der Waals surface area contributed by atoms with Gasteiger partial charge in [-0.2, -0.15) is 23.3 Å². The van der Waals surface area contributed by atoms with Crippen LogP contribution in [0.25, 0.3) is 11.2 Å². The third-order valence-corrected chi connectivity index (χ3v) is 8.03. The van der Waals surface area contributed by atoms with E-state index in [4.69, 9.17) is 19.7 Å². The summed E-state index contributed by atoms with van der Waals surface area (Å²) >= 11 is 0. The monoisotopic (exact) mass is 487 g/mol. The molecule has 0 spiro atoms. The summed E-state index contributed by atoms with van der Waals surface area (Å²) in [5, 5.41) is 4.24. The molecule has 0 amide bonds. The molecular weight excluding hydrogens is 459 g/mol. The Hall–Kier alpha value is -2.82. The molecule has 8 nitrogen and oxygen atoms in total. The fourth-order valence-corrected chi connectivity index (χ4v) is 5.92. The van der Waals surface area contributed by atoms with Gasteiger partial charge in [-0.15, -0.1) is 0 Å². The number of ether oxygens (including phenoxy) is 1. The zero-order valence-corrected chi connectivity index (χ0v) is 20.0. The van der Waals surface area contributed by atoms with Crippen molar-refractivity contribution < 1.29 is 17.9 Å². The maximum atomic E-state index is 13.8. The van der Waals surface area contributed by atoms with Gasteiger partial charge >= 0.3 is 6.18 Å². The largest absolute Gasteiger partial charge is 0.392 e. The molecule has 11 heteroatoms. The first-order chi connectivity index (χ1) is 16.7. The van der Waals surface area contributed by atoms with Crippen LogP contribution in [0.4, 0.5) is 19.1 Å². The lowest BCUT2D eigenvalue weighted by Crippen LogP contribution is -2.47. The van der Waals surface area contributed by atoms with Gasteiger partial charge in [-0.3, -0.25) is 4.68 Å². The van der Waals surface area contributed by atoms with Crippen molar-refractivity contribution in [2.24, 2.45) is 24.8 Å². The van der Waals surface area contributed by atoms with E-state index in [9.17, 15) is 13.2 Å². The predicted molar refractivity (Wildman–Crippen MR) is 122 cm³/mol. The van der Waals surface area contributed by atoms with Crippen molar-refractivity contribution in [2.45, 2.75) is 51.3 Å². The lowest BCUT2D eigenvalue weighted by atomic mass is 9.54. The molecule has 3 aromatic rings. The topological polar surface area (TPSA) is 81.9 Å². The minimum Gasteiger partial charge on any atom is -0.370 e. The van der Waals surface area contributed by atoms with Crippen molar-refractivity contribution in [3.63, 3.8) is 0 Å². The van der Waals surface area contributed by atoms with Gasteiger partial charge in [0.15, 0.2) is 5.65 Å². The number of hydrogen-bond acceptors (Lipinski definition) is 7. The van der Waals surface area contributed by atoms with Crippen LogP contribution in [0.2, 0.25) is 0 Å². The van der Waals surface area contributed by atoms with Gasteiger partial charge in [0.25, 0.3) is 0 Å². The third kappa shape index (κ3) is 3.93. The molecule has 1 aliphatic heterocycles. The standard InChI is InChI=1S/C24H28F3N7O/c1-12-13(2)30-22-21(29-12)20(17-8-18(24(25,26)27)15-6-14(17)7-15)31-23(32-22)34-4-5-35-19(11-34)16-9-28-33(3)10-16/h9-10,14-15,17-19H,4-8,11H2,1-3H3/t14?,15?,17-,18+,19+/m0/s1. The van der Waals surface area contributed by atoms with Crippen LogP contribution < -0.4 is 4.90 Å². The van der Waals surface area contributed by atoms with Gasteiger partial charge in [-0.05, 0) is 44.9 Å². The van der Waals surface area contributed by atoms with Crippen LogP contribution >= 0.6 is 0 Å². The number of halogens is 3. The first-order valence-electron chi connectivity index (χ1n) is 12.1. The molecular formula is C24H28F3N7O. The van der Waals surface area contributed by atoms with E-state index in [-0.39, 0.29) is 30.3 Å².